The molecule has 1 unspecified atom stereocenters. The molecule has 2 N–H and O–H groups in total. The molecule has 2 aromatic rings. The first-order chi connectivity index (χ1) is 11.0. The van der Waals surface area contributed by atoms with E-state index >= 15 is 0 Å². The SMILES string of the molecule is COCC(C)Nc1ncnc(Nc2cccc(C)c2)c1[N+](=O)[O-]. The van der Waals surface area contributed by atoms with E-state index in [0.717, 1.165) is 11.3 Å². The number of benzene rings is 1. The Bertz CT molecular complexity index is 693. The zero-order valence-electron chi connectivity index (χ0n) is 13.2. The van der Waals surface area contributed by atoms with E-state index in [0.29, 0.717) is 6.61 Å². The normalized spacial score (nSPS) is 11.8. The van der Waals surface area contributed by atoms with Crippen LogP contribution in [0.4, 0.5) is 23.0 Å². The summed E-state index contributed by atoms with van der Waals surface area (Å²) in [5, 5.41) is 17.4. The van der Waals surface area contributed by atoms with Gasteiger partial charge in [-0.2, -0.15) is 0 Å². The smallest absolute Gasteiger partial charge is 0.353 e. The number of aromatic nitrogens is 2. The predicted molar refractivity (Wildman–Crippen MR) is 88.1 cm³/mol. The van der Waals surface area contributed by atoms with Gasteiger partial charge in [-0.3, -0.25) is 10.1 Å². The number of nitrogens with one attached hydrogen (secondary N) is 2. The van der Waals surface area contributed by atoms with Gasteiger partial charge in [0.25, 0.3) is 0 Å². The molecule has 0 bridgehead atoms. The third-order valence-corrected chi connectivity index (χ3v) is 3.09. The van der Waals surface area contributed by atoms with E-state index in [9.17, 15) is 10.1 Å². The molecule has 0 radical (unpaired) electrons. The Kier molecular flexibility index (Phi) is 5.42. The number of aryl methyl sites for hydroxylation is 1. The summed E-state index contributed by atoms with van der Waals surface area (Å²) in [6.07, 6.45) is 1.28. The number of ether oxygens (including phenoxy) is 1. The van der Waals surface area contributed by atoms with Crippen molar-refractivity contribution in [3.8, 4) is 0 Å². The van der Waals surface area contributed by atoms with Crippen LogP contribution < -0.4 is 10.6 Å². The maximum atomic E-state index is 11.5. The number of methoxy groups -OCH3 is 1. The monoisotopic (exact) mass is 317 g/mol. The highest BCUT2D eigenvalue weighted by Crippen LogP contribution is 2.31. The molecule has 1 atom stereocenters. The summed E-state index contributed by atoms with van der Waals surface area (Å²) < 4.78 is 5.02. The lowest BCUT2D eigenvalue weighted by Crippen LogP contribution is -2.22. The lowest BCUT2D eigenvalue weighted by Gasteiger charge is -2.14. The first-order valence-electron chi connectivity index (χ1n) is 7.09. The van der Waals surface area contributed by atoms with Crippen LogP contribution in [0.2, 0.25) is 0 Å². The molecular formula is C15H19N5O3. The van der Waals surface area contributed by atoms with Crippen molar-refractivity contribution in [3.63, 3.8) is 0 Å². The van der Waals surface area contributed by atoms with Crippen LogP contribution in [0.5, 0.6) is 0 Å². The summed E-state index contributed by atoms with van der Waals surface area (Å²) in [5.41, 5.74) is 1.57. The van der Waals surface area contributed by atoms with Crippen LogP contribution in [0, 0.1) is 17.0 Å². The molecule has 0 amide bonds. The lowest BCUT2D eigenvalue weighted by molar-refractivity contribution is -0.383. The molecular weight excluding hydrogens is 298 g/mol. The second kappa shape index (κ2) is 7.50. The average molecular weight is 317 g/mol. The number of nitro groups is 1. The van der Waals surface area contributed by atoms with Crippen LogP contribution in [0.3, 0.4) is 0 Å². The first kappa shape index (κ1) is 16.6. The third-order valence-electron chi connectivity index (χ3n) is 3.09. The fourth-order valence-corrected chi connectivity index (χ4v) is 2.13. The van der Waals surface area contributed by atoms with Crippen molar-refractivity contribution in [1.29, 1.82) is 0 Å². The molecule has 1 aromatic heterocycles. The minimum atomic E-state index is -0.500. The highest BCUT2D eigenvalue weighted by molar-refractivity contribution is 5.73. The van der Waals surface area contributed by atoms with E-state index < -0.39 is 4.92 Å². The van der Waals surface area contributed by atoms with Gasteiger partial charge >= 0.3 is 5.69 Å². The van der Waals surface area contributed by atoms with Crippen LogP contribution in [0.25, 0.3) is 0 Å². The number of hydrogen-bond acceptors (Lipinski definition) is 7. The number of rotatable bonds is 7. The van der Waals surface area contributed by atoms with Crippen molar-refractivity contribution in [2.24, 2.45) is 0 Å². The van der Waals surface area contributed by atoms with Crippen molar-refractivity contribution in [1.82, 2.24) is 9.97 Å². The second-order valence-electron chi connectivity index (χ2n) is 5.17. The van der Waals surface area contributed by atoms with Crippen LogP contribution >= 0.6 is 0 Å². The summed E-state index contributed by atoms with van der Waals surface area (Å²) in [4.78, 5) is 18.9. The molecule has 1 heterocycles. The van der Waals surface area contributed by atoms with Crippen LogP contribution in [0.15, 0.2) is 30.6 Å². The molecule has 0 saturated carbocycles. The molecule has 0 fully saturated rings. The van der Waals surface area contributed by atoms with Gasteiger partial charge in [-0.15, -0.1) is 0 Å². The average Bonchev–Trinajstić information content (AvgIpc) is 2.47. The van der Waals surface area contributed by atoms with Crippen LogP contribution in [0.1, 0.15) is 12.5 Å². The highest BCUT2D eigenvalue weighted by atomic mass is 16.6. The molecule has 0 saturated heterocycles. The topological polar surface area (TPSA) is 102 Å². The Morgan fingerprint density at radius 1 is 1.35 bits per heavy atom. The third kappa shape index (κ3) is 4.36. The van der Waals surface area contributed by atoms with Crippen molar-refractivity contribution in [3.05, 3.63) is 46.3 Å². The summed E-state index contributed by atoms with van der Waals surface area (Å²) in [5.74, 6) is 0.299. The fraction of sp³-hybridized carbons (Fsp3) is 0.333. The molecule has 2 rings (SSSR count). The minimum Gasteiger partial charge on any atom is -0.383 e. The number of anilines is 3. The summed E-state index contributed by atoms with van der Waals surface area (Å²) in [7, 11) is 1.57. The standard InChI is InChI=1S/C15H19N5O3/c1-10-5-4-6-12(7-10)19-15-13(20(21)22)14(16-9-17-15)18-11(2)8-23-3/h4-7,9,11H,8H2,1-3H3,(H2,16,17,18,19). The van der Waals surface area contributed by atoms with Crippen molar-refractivity contribution < 1.29 is 9.66 Å². The highest BCUT2D eigenvalue weighted by Gasteiger charge is 2.24. The fourth-order valence-electron chi connectivity index (χ4n) is 2.13. The molecule has 122 valence electrons. The molecule has 8 nitrogen and oxygen atoms in total. The molecule has 8 heteroatoms. The Balaban J connectivity index is 2.34. The minimum absolute atomic E-state index is 0.125. The Morgan fingerprint density at radius 3 is 2.74 bits per heavy atom. The second-order valence-corrected chi connectivity index (χ2v) is 5.17. The Labute approximate surface area is 134 Å². The molecule has 23 heavy (non-hydrogen) atoms. The van der Waals surface area contributed by atoms with E-state index in [2.05, 4.69) is 20.6 Å². The van der Waals surface area contributed by atoms with Crippen molar-refractivity contribution >= 4 is 23.0 Å². The maximum Gasteiger partial charge on any atom is 0.353 e. The van der Waals surface area contributed by atoms with Gasteiger partial charge in [0.2, 0.25) is 11.6 Å². The maximum absolute atomic E-state index is 11.5. The summed E-state index contributed by atoms with van der Waals surface area (Å²) in [6, 6.07) is 7.38. The Morgan fingerprint density at radius 2 is 2.09 bits per heavy atom. The summed E-state index contributed by atoms with van der Waals surface area (Å²) in [6.45, 7) is 4.20. The Hall–Kier alpha value is -2.74. The predicted octanol–water partition coefficient (Wildman–Crippen LogP) is 2.88. The van der Waals surface area contributed by atoms with Gasteiger partial charge in [0.05, 0.1) is 11.5 Å². The van der Waals surface area contributed by atoms with Gasteiger partial charge in [0.1, 0.15) is 6.33 Å². The van der Waals surface area contributed by atoms with Gasteiger partial charge in [-0.1, -0.05) is 12.1 Å². The van der Waals surface area contributed by atoms with Crippen molar-refractivity contribution in [2.45, 2.75) is 19.9 Å². The van der Waals surface area contributed by atoms with Gasteiger partial charge in [-0.05, 0) is 31.5 Å². The molecule has 0 aliphatic heterocycles. The zero-order chi connectivity index (χ0) is 16.8. The van der Waals surface area contributed by atoms with Gasteiger partial charge in [0.15, 0.2) is 0 Å². The first-order valence-corrected chi connectivity index (χ1v) is 7.09. The number of hydrogen-bond donors (Lipinski definition) is 2. The molecule has 0 aliphatic carbocycles. The van der Waals surface area contributed by atoms with E-state index in [1.54, 1.807) is 7.11 Å². The van der Waals surface area contributed by atoms with Gasteiger partial charge in [-0.25, -0.2) is 9.97 Å². The lowest BCUT2D eigenvalue weighted by atomic mass is 10.2. The molecule has 1 aromatic carbocycles. The van der Waals surface area contributed by atoms with E-state index in [-0.39, 0.29) is 23.4 Å². The number of nitrogens with zero attached hydrogens (tertiary/aromatic N) is 3. The largest absolute Gasteiger partial charge is 0.383 e. The van der Waals surface area contributed by atoms with Gasteiger partial charge in [0, 0.05) is 18.8 Å². The zero-order valence-corrected chi connectivity index (χ0v) is 13.2. The van der Waals surface area contributed by atoms with Crippen molar-refractivity contribution in [2.75, 3.05) is 24.4 Å². The van der Waals surface area contributed by atoms with E-state index in [1.807, 2.05) is 38.1 Å². The molecule has 0 spiro atoms. The molecule has 0 aliphatic rings. The van der Waals surface area contributed by atoms with Crippen LogP contribution in [-0.2, 0) is 4.74 Å². The van der Waals surface area contributed by atoms with Crippen LogP contribution in [-0.4, -0.2) is 34.6 Å². The quantitative estimate of drug-likeness (QED) is 0.598. The van der Waals surface area contributed by atoms with Gasteiger partial charge < -0.3 is 15.4 Å². The summed E-state index contributed by atoms with van der Waals surface area (Å²) >= 11 is 0. The van der Waals surface area contributed by atoms with E-state index in [1.165, 1.54) is 6.33 Å². The van der Waals surface area contributed by atoms with E-state index in [4.69, 9.17) is 4.74 Å².